The zero-order valence-electron chi connectivity index (χ0n) is 10.1. The maximum absolute atomic E-state index is 14.1. The summed E-state index contributed by atoms with van der Waals surface area (Å²) in [5.41, 5.74) is -1.41. The standard InChI is InChI=1S/C14H4Cl2F2N2O/c15-7-1-2-10(16)12(3-7)21-13-4-11(17)8(5-19)9(6-20)14(13)18/h1-4H. The van der Waals surface area contributed by atoms with Gasteiger partial charge in [0, 0.05) is 17.2 Å². The van der Waals surface area contributed by atoms with Crippen molar-refractivity contribution >= 4 is 23.2 Å². The quantitative estimate of drug-likeness (QED) is 0.796. The van der Waals surface area contributed by atoms with Gasteiger partial charge in [0.2, 0.25) is 0 Å². The summed E-state index contributed by atoms with van der Waals surface area (Å²) in [4.78, 5) is 0. The average molecular weight is 325 g/mol. The fourth-order valence-electron chi connectivity index (χ4n) is 1.57. The molecule has 2 aromatic carbocycles. The molecule has 0 aliphatic heterocycles. The molecule has 3 nitrogen and oxygen atoms in total. The molecule has 0 aliphatic carbocycles. The Balaban J connectivity index is 2.57. The molecule has 0 spiro atoms. The van der Waals surface area contributed by atoms with Crippen molar-refractivity contribution < 1.29 is 13.5 Å². The van der Waals surface area contributed by atoms with E-state index in [1.807, 2.05) is 0 Å². The molecule has 0 aliphatic rings. The van der Waals surface area contributed by atoms with E-state index in [4.69, 9.17) is 38.5 Å². The highest BCUT2D eigenvalue weighted by Gasteiger charge is 2.20. The summed E-state index contributed by atoms with van der Waals surface area (Å²) in [5.74, 6) is -2.78. The van der Waals surface area contributed by atoms with Crippen LogP contribution in [0.1, 0.15) is 11.1 Å². The first-order chi connectivity index (χ1) is 9.97. The fraction of sp³-hybridized carbons (Fsp3) is 0. The fourth-order valence-corrected chi connectivity index (χ4v) is 1.88. The number of benzene rings is 2. The van der Waals surface area contributed by atoms with Gasteiger partial charge < -0.3 is 4.74 Å². The van der Waals surface area contributed by atoms with Crippen molar-refractivity contribution in [3.8, 4) is 23.6 Å². The van der Waals surface area contributed by atoms with E-state index in [2.05, 4.69) is 0 Å². The third kappa shape index (κ3) is 2.90. The van der Waals surface area contributed by atoms with E-state index < -0.39 is 28.5 Å². The molecule has 0 amide bonds. The summed E-state index contributed by atoms with van der Waals surface area (Å²) in [6.45, 7) is 0. The van der Waals surface area contributed by atoms with E-state index in [9.17, 15) is 8.78 Å². The van der Waals surface area contributed by atoms with Gasteiger partial charge in [-0.25, -0.2) is 8.78 Å². The van der Waals surface area contributed by atoms with Gasteiger partial charge >= 0.3 is 0 Å². The predicted octanol–water partition coefficient (Wildman–Crippen LogP) is 4.81. The van der Waals surface area contributed by atoms with Gasteiger partial charge in [-0.1, -0.05) is 23.2 Å². The van der Waals surface area contributed by atoms with E-state index in [-0.39, 0.29) is 15.8 Å². The Labute approximate surface area is 128 Å². The molecule has 0 aromatic heterocycles. The molecule has 0 radical (unpaired) electrons. The second-order valence-electron chi connectivity index (χ2n) is 3.82. The summed E-state index contributed by atoms with van der Waals surface area (Å²) < 4.78 is 32.9. The minimum absolute atomic E-state index is 0.00364. The topological polar surface area (TPSA) is 56.8 Å². The largest absolute Gasteiger partial charge is 0.453 e. The molecule has 0 heterocycles. The Morgan fingerprint density at radius 3 is 2.24 bits per heavy atom. The molecule has 0 fully saturated rings. The maximum Gasteiger partial charge on any atom is 0.185 e. The van der Waals surface area contributed by atoms with Gasteiger partial charge in [0.05, 0.1) is 5.02 Å². The Kier molecular flexibility index (Phi) is 4.28. The molecule has 2 rings (SSSR count). The molecule has 0 saturated heterocycles. The second-order valence-corrected chi connectivity index (χ2v) is 4.66. The number of hydrogen-bond acceptors (Lipinski definition) is 3. The lowest BCUT2D eigenvalue weighted by Crippen LogP contribution is -1.99. The van der Waals surface area contributed by atoms with Crippen LogP contribution in [-0.2, 0) is 0 Å². The number of halogens is 4. The van der Waals surface area contributed by atoms with Crippen LogP contribution in [0, 0.1) is 34.3 Å². The Bertz CT molecular complexity index is 810. The summed E-state index contributed by atoms with van der Waals surface area (Å²) in [5, 5.41) is 18.0. The van der Waals surface area contributed by atoms with Crippen LogP contribution in [0.25, 0.3) is 0 Å². The SMILES string of the molecule is N#Cc1c(F)cc(Oc2cc(Cl)ccc2Cl)c(F)c1C#N. The van der Waals surface area contributed by atoms with Crippen LogP contribution >= 0.6 is 23.2 Å². The number of ether oxygens (including phenoxy) is 1. The van der Waals surface area contributed by atoms with Crippen LogP contribution in [0.15, 0.2) is 24.3 Å². The van der Waals surface area contributed by atoms with Crippen LogP contribution < -0.4 is 4.74 Å². The van der Waals surface area contributed by atoms with Gasteiger partial charge in [0.25, 0.3) is 0 Å². The van der Waals surface area contributed by atoms with Gasteiger partial charge in [-0.2, -0.15) is 10.5 Å². The third-order valence-electron chi connectivity index (χ3n) is 2.52. The summed E-state index contributed by atoms with van der Waals surface area (Å²) in [6, 6.07) is 7.75. The van der Waals surface area contributed by atoms with Crippen molar-refractivity contribution in [2.45, 2.75) is 0 Å². The molecule has 0 N–H and O–H groups in total. The summed E-state index contributed by atoms with van der Waals surface area (Å²) in [6.07, 6.45) is 0. The van der Waals surface area contributed by atoms with Crippen molar-refractivity contribution in [2.24, 2.45) is 0 Å². The Morgan fingerprint density at radius 1 is 0.952 bits per heavy atom. The molecular weight excluding hydrogens is 321 g/mol. The van der Waals surface area contributed by atoms with E-state index in [0.717, 1.165) is 0 Å². The van der Waals surface area contributed by atoms with Crippen molar-refractivity contribution in [3.63, 3.8) is 0 Å². The van der Waals surface area contributed by atoms with E-state index >= 15 is 0 Å². The van der Waals surface area contributed by atoms with E-state index in [1.54, 1.807) is 0 Å². The predicted molar refractivity (Wildman–Crippen MR) is 72.3 cm³/mol. The average Bonchev–Trinajstić information content (AvgIpc) is 2.45. The number of nitriles is 2. The molecule has 0 atom stereocenters. The lowest BCUT2D eigenvalue weighted by molar-refractivity contribution is 0.435. The van der Waals surface area contributed by atoms with Crippen LogP contribution in [-0.4, -0.2) is 0 Å². The molecule has 0 bridgehead atoms. The number of nitrogens with zero attached hydrogens (tertiary/aromatic N) is 2. The second kappa shape index (κ2) is 5.97. The van der Waals surface area contributed by atoms with Crippen molar-refractivity contribution in [1.82, 2.24) is 0 Å². The van der Waals surface area contributed by atoms with Crippen LogP contribution in [0.4, 0.5) is 8.78 Å². The van der Waals surface area contributed by atoms with Crippen molar-refractivity contribution in [2.75, 3.05) is 0 Å². The van der Waals surface area contributed by atoms with E-state index in [1.165, 1.54) is 30.3 Å². The molecule has 21 heavy (non-hydrogen) atoms. The zero-order chi connectivity index (χ0) is 15.6. The maximum atomic E-state index is 14.1. The van der Waals surface area contributed by atoms with Crippen molar-refractivity contribution in [1.29, 1.82) is 10.5 Å². The number of hydrogen-bond donors (Lipinski definition) is 0. The first-order valence-corrected chi connectivity index (χ1v) is 6.18. The van der Waals surface area contributed by atoms with Crippen LogP contribution in [0.2, 0.25) is 10.0 Å². The normalized spacial score (nSPS) is 9.81. The lowest BCUT2D eigenvalue weighted by Gasteiger charge is -2.10. The monoisotopic (exact) mass is 324 g/mol. The molecular formula is C14H4Cl2F2N2O. The third-order valence-corrected chi connectivity index (χ3v) is 3.07. The zero-order valence-corrected chi connectivity index (χ0v) is 11.6. The first-order valence-electron chi connectivity index (χ1n) is 5.43. The van der Waals surface area contributed by atoms with Crippen LogP contribution in [0.3, 0.4) is 0 Å². The molecule has 0 unspecified atom stereocenters. The highest BCUT2D eigenvalue weighted by molar-refractivity contribution is 6.34. The summed E-state index contributed by atoms with van der Waals surface area (Å²) >= 11 is 11.6. The van der Waals surface area contributed by atoms with Crippen molar-refractivity contribution in [3.05, 3.63) is 57.1 Å². The molecule has 7 heteroatoms. The Hall–Kier alpha value is -2.34. The highest BCUT2D eigenvalue weighted by atomic mass is 35.5. The first kappa shape index (κ1) is 15.1. The van der Waals surface area contributed by atoms with Gasteiger partial charge in [-0.3, -0.25) is 0 Å². The Morgan fingerprint density at radius 2 is 1.62 bits per heavy atom. The van der Waals surface area contributed by atoms with Gasteiger partial charge in [-0.15, -0.1) is 0 Å². The summed E-state index contributed by atoms with van der Waals surface area (Å²) in [7, 11) is 0. The van der Waals surface area contributed by atoms with E-state index in [0.29, 0.717) is 6.07 Å². The molecule has 2 aromatic rings. The molecule has 104 valence electrons. The molecule has 0 saturated carbocycles. The smallest absolute Gasteiger partial charge is 0.185 e. The minimum Gasteiger partial charge on any atom is -0.453 e. The van der Waals surface area contributed by atoms with Gasteiger partial charge in [0.1, 0.15) is 34.8 Å². The number of rotatable bonds is 2. The lowest BCUT2D eigenvalue weighted by atomic mass is 10.1. The van der Waals surface area contributed by atoms with Gasteiger partial charge in [-0.05, 0) is 12.1 Å². The van der Waals surface area contributed by atoms with Gasteiger partial charge in [0.15, 0.2) is 11.6 Å². The highest BCUT2D eigenvalue weighted by Crippen LogP contribution is 2.35. The van der Waals surface area contributed by atoms with Crippen LogP contribution in [0.5, 0.6) is 11.5 Å². The minimum atomic E-state index is -1.15.